The fraction of sp³-hybridized carbons (Fsp3) is 0.633. The van der Waals surface area contributed by atoms with E-state index in [-0.39, 0.29) is 46.7 Å². The normalized spacial score (nSPS) is 43.2. The maximum Gasteiger partial charge on any atom is 0.309 e. The first-order chi connectivity index (χ1) is 17.0. The van der Waals surface area contributed by atoms with Crippen LogP contribution in [0.3, 0.4) is 0 Å². The molecule has 192 valence electrons. The summed E-state index contributed by atoms with van der Waals surface area (Å²) < 4.78 is 0. The maximum atomic E-state index is 14.2. The minimum absolute atomic E-state index is 0.00836. The number of phenols is 1. The van der Waals surface area contributed by atoms with Gasteiger partial charge in [-0.25, -0.2) is 0 Å². The molecule has 2 N–H and O–H groups in total. The molecule has 1 aliphatic heterocycles. The van der Waals surface area contributed by atoms with Crippen molar-refractivity contribution in [3.63, 3.8) is 0 Å². The third-order valence-electron chi connectivity index (χ3n) is 11.3. The van der Waals surface area contributed by atoms with Crippen molar-refractivity contribution in [1.29, 1.82) is 0 Å². The average Bonchev–Trinajstić information content (AvgIpc) is 3.11. The van der Waals surface area contributed by atoms with Crippen LogP contribution in [0.4, 0.5) is 5.69 Å². The fourth-order valence-corrected chi connectivity index (χ4v) is 9.81. The molecule has 7 rings (SSSR count). The van der Waals surface area contributed by atoms with Crippen LogP contribution in [0.2, 0.25) is 0 Å². The fourth-order valence-electron chi connectivity index (χ4n) is 9.81. The maximum absolute atomic E-state index is 14.2. The lowest BCUT2D eigenvalue weighted by Gasteiger charge is -2.68. The quantitative estimate of drug-likeness (QED) is 0.436. The number of allylic oxidation sites excluding steroid dienone is 2. The molecule has 2 amide bonds. The zero-order chi connectivity index (χ0) is 25.8. The molecule has 5 aliphatic carbocycles. The van der Waals surface area contributed by atoms with Crippen molar-refractivity contribution in [1.82, 2.24) is 0 Å². The van der Waals surface area contributed by atoms with Crippen LogP contribution in [0.1, 0.15) is 66.2 Å². The molecular weight excluding hydrogens is 454 g/mol. The molecule has 4 fully saturated rings. The molecule has 6 heteroatoms. The van der Waals surface area contributed by atoms with Crippen LogP contribution in [0.15, 0.2) is 35.9 Å². The molecule has 36 heavy (non-hydrogen) atoms. The number of aromatic hydroxyl groups is 1. The number of anilines is 1. The standard InChI is InChI=1S/C30H37NO5/c1-16(2)20-15-30-13-10-21-28(3,11-5-12-29(21,4)27(35)36)22(30)14-19(20)23-24(30)26(34)31(25(23)33)17-6-8-18(32)9-7-17/h6-9,15-16,19,21-24,32H,5,10-14H2,1-4H3,(H,35,36)/t19-,21+,22-,23-,24+,28+,29-,30-/m0/s1. The van der Waals surface area contributed by atoms with Gasteiger partial charge in [-0.15, -0.1) is 0 Å². The van der Waals surface area contributed by atoms with Gasteiger partial charge in [0.2, 0.25) is 11.8 Å². The summed E-state index contributed by atoms with van der Waals surface area (Å²) >= 11 is 0. The number of benzene rings is 1. The van der Waals surface area contributed by atoms with Crippen LogP contribution in [0.5, 0.6) is 5.75 Å². The van der Waals surface area contributed by atoms with E-state index in [0.717, 1.165) is 32.1 Å². The first kappa shape index (κ1) is 23.7. The summed E-state index contributed by atoms with van der Waals surface area (Å²) in [4.78, 5) is 42.0. The molecule has 8 atom stereocenters. The molecule has 1 saturated heterocycles. The largest absolute Gasteiger partial charge is 0.508 e. The van der Waals surface area contributed by atoms with Crippen molar-refractivity contribution >= 4 is 23.5 Å². The summed E-state index contributed by atoms with van der Waals surface area (Å²) in [5, 5.41) is 20.0. The van der Waals surface area contributed by atoms with Crippen molar-refractivity contribution in [3.05, 3.63) is 35.9 Å². The van der Waals surface area contributed by atoms with Crippen LogP contribution >= 0.6 is 0 Å². The van der Waals surface area contributed by atoms with E-state index < -0.39 is 22.7 Å². The highest BCUT2D eigenvalue weighted by atomic mass is 16.4. The molecule has 0 radical (unpaired) electrons. The van der Waals surface area contributed by atoms with Gasteiger partial charge in [0.25, 0.3) is 0 Å². The first-order valence-corrected chi connectivity index (χ1v) is 13.6. The Hall–Kier alpha value is -2.63. The number of fused-ring (bicyclic) bond motifs is 1. The predicted octanol–water partition coefficient (Wildman–Crippen LogP) is 5.41. The smallest absolute Gasteiger partial charge is 0.309 e. The van der Waals surface area contributed by atoms with Crippen LogP contribution in [0.25, 0.3) is 0 Å². The van der Waals surface area contributed by atoms with Crippen molar-refractivity contribution < 1.29 is 24.6 Å². The van der Waals surface area contributed by atoms with Gasteiger partial charge in [0, 0.05) is 5.41 Å². The Balaban J connectivity index is 1.49. The highest BCUT2D eigenvalue weighted by Crippen LogP contribution is 2.74. The Bertz CT molecular complexity index is 1190. The summed E-state index contributed by atoms with van der Waals surface area (Å²) in [6.07, 6.45) is 7.35. The molecule has 0 aromatic heterocycles. The summed E-state index contributed by atoms with van der Waals surface area (Å²) in [5.74, 6) is -1.04. The number of carbonyl (C=O) groups is 3. The monoisotopic (exact) mass is 491 g/mol. The third kappa shape index (κ3) is 2.76. The number of imide groups is 1. The molecule has 2 bridgehead atoms. The number of carboxylic acid groups (broad SMARTS) is 1. The summed E-state index contributed by atoms with van der Waals surface area (Å²) in [6.45, 7) is 8.59. The van der Waals surface area contributed by atoms with Gasteiger partial charge in [-0.05, 0) is 92.4 Å². The lowest BCUT2D eigenvalue weighted by atomic mass is 9.34. The van der Waals surface area contributed by atoms with Gasteiger partial charge >= 0.3 is 5.97 Å². The Morgan fingerprint density at radius 3 is 2.36 bits per heavy atom. The van der Waals surface area contributed by atoms with Gasteiger partial charge in [-0.2, -0.15) is 0 Å². The molecule has 0 unspecified atom stereocenters. The van der Waals surface area contributed by atoms with Gasteiger partial charge in [-0.1, -0.05) is 38.8 Å². The van der Waals surface area contributed by atoms with Crippen molar-refractivity contribution in [2.24, 2.45) is 51.8 Å². The van der Waals surface area contributed by atoms with Crippen molar-refractivity contribution in [3.8, 4) is 5.75 Å². The molecule has 1 aromatic rings. The van der Waals surface area contributed by atoms with Crippen LogP contribution in [0, 0.1) is 51.8 Å². The van der Waals surface area contributed by atoms with E-state index in [1.165, 1.54) is 22.6 Å². The van der Waals surface area contributed by atoms with E-state index in [1.807, 2.05) is 6.92 Å². The molecular formula is C30H37NO5. The van der Waals surface area contributed by atoms with Crippen LogP contribution in [-0.4, -0.2) is 28.0 Å². The Morgan fingerprint density at radius 2 is 1.72 bits per heavy atom. The second kappa shape index (κ2) is 7.45. The molecule has 6 aliphatic rings. The predicted molar refractivity (Wildman–Crippen MR) is 135 cm³/mol. The summed E-state index contributed by atoms with van der Waals surface area (Å²) in [7, 11) is 0. The van der Waals surface area contributed by atoms with E-state index in [2.05, 4.69) is 26.8 Å². The Labute approximate surface area is 212 Å². The summed E-state index contributed by atoms with van der Waals surface area (Å²) in [6, 6.07) is 6.33. The number of hydrogen-bond acceptors (Lipinski definition) is 4. The van der Waals surface area contributed by atoms with E-state index in [4.69, 9.17) is 0 Å². The molecule has 1 aromatic carbocycles. The lowest BCUT2D eigenvalue weighted by Crippen LogP contribution is -2.65. The number of aliphatic carboxylic acids is 1. The summed E-state index contributed by atoms with van der Waals surface area (Å²) in [5.41, 5.74) is 0.482. The van der Waals surface area contributed by atoms with E-state index in [1.54, 1.807) is 12.1 Å². The van der Waals surface area contributed by atoms with Gasteiger partial charge in [-0.3, -0.25) is 19.3 Å². The zero-order valence-corrected chi connectivity index (χ0v) is 21.7. The average molecular weight is 492 g/mol. The van der Waals surface area contributed by atoms with Crippen molar-refractivity contribution in [2.45, 2.75) is 66.2 Å². The van der Waals surface area contributed by atoms with E-state index >= 15 is 0 Å². The Kier molecular flexibility index (Phi) is 4.92. The number of amides is 2. The molecule has 3 saturated carbocycles. The highest BCUT2D eigenvalue weighted by Gasteiger charge is 2.73. The van der Waals surface area contributed by atoms with Gasteiger partial charge in [0.05, 0.1) is 22.9 Å². The minimum atomic E-state index is -0.747. The number of nitrogens with zero attached hydrogens (tertiary/aromatic N) is 1. The van der Waals surface area contributed by atoms with Gasteiger partial charge < -0.3 is 10.2 Å². The number of phenolic OH excluding ortho intramolecular Hbond substituents is 1. The van der Waals surface area contributed by atoms with Crippen molar-refractivity contribution in [2.75, 3.05) is 4.90 Å². The second-order valence-electron chi connectivity index (χ2n) is 13.0. The number of carboxylic acids is 1. The SMILES string of the molecule is CC(C)C1=C[C@@]23CC[C@@H]4[C@@](C)(CCC[C@]4(C)C(=O)O)[C@@H]2C[C@@H]1[C@@H]1C(=O)N(c2ccc(O)cc2)C(=O)[C@@H]13. The van der Waals surface area contributed by atoms with E-state index in [0.29, 0.717) is 18.0 Å². The second-order valence-corrected chi connectivity index (χ2v) is 13.0. The first-order valence-electron chi connectivity index (χ1n) is 13.6. The van der Waals surface area contributed by atoms with Crippen LogP contribution < -0.4 is 4.90 Å². The van der Waals surface area contributed by atoms with Crippen LogP contribution in [-0.2, 0) is 14.4 Å². The minimum Gasteiger partial charge on any atom is -0.508 e. The van der Waals surface area contributed by atoms with E-state index in [9.17, 15) is 24.6 Å². The lowest BCUT2D eigenvalue weighted by molar-refractivity contribution is -0.194. The zero-order valence-electron chi connectivity index (χ0n) is 21.7. The van der Waals surface area contributed by atoms with Gasteiger partial charge in [0.1, 0.15) is 5.75 Å². The Morgan fingerprint density at radius 1 is 1.03 bits per heavy atom. The molecule has 1 heterocycles. The number of rotatable bonds is 3. The highest BCUT2D eigenvalue weighted by molar-refractivity contribution is 6.23. The van der Waals surface area contributed by atoms with Gasteiger partial charge in [0.15, 0.2) is 0 Å². The number of carbonyl (C=O) groups excluding carboxylic acids is 2. The molecule has 6 nitrogen and oxygen atoms in total. The third-order valence-corrected chi connectivity index (χ3v) is 11.3. The number of hydrogen-bond donors (Lipinski definition) is 2. The molecule has 1 spiro atoms. The topological polar surface area (TPSA) is 94.9 Å².